The maximum Gasteiger partial charge on any atom is 0.344 e. The van der Waals surface area contributed by atoms with Gasteiger partial charge >= 0.3 is 5.97 Å². The second-order valence-electron chi connectivity index (χ2n) is 7.74. The van der Waals surface area contributed by atoms with Gasteiger partial charge < -0.3 is 14.6 Å². The molecule has 0 saturated carbocycles. The summed E-state index contributed by atoms with van der Waals surface area (Å²) in [5.74, 6) is -0.293. The molecule has 0 unspecified atom stereocenters. The Morgan fingerprint density at radius 3 is 2.12 bits per heavy atom. The number of rotatable bonds is 2. The van der Waals surface area contributed by atoms with Gasteiger partial charge in [-0.1, -0.05) is 66.7 Å². The number of hydrogen-bond acceptors (Lipinski definition) is 5. The number of ether oxygens (including phenoxy) is 2. The van der Waals surface area contributed by atoms with E-state index in [9.17, 15) is 14.7 Å². The summed E-state index contributed by atoms with van der Waals surface area (Å²) >= 11 is 0. The molecule has 3 aromatic carbocycles. The van der Waals surface area contributed by atoms with E-state index in [0.717, 1.165) is 11.1 Å². The van der Waals surface area contributed by atoms with E-state index in [4.69, 9.17) is 9.47 Å². The molecule has 0 spiro atoms. The Morgan fingerprint density at radius 2 is 1.34 bits per heavy atom. The maximum atomic E-state index is 13.6. The van der Waals surface area contributed by atoms with Gasteiger partial charge in [0, 0.05) is 11.1 Å². The van der Waals surface area contributed by atoms with Gasteiger partial charge in [-0.15, -0.1) is 0 Å². The Morgan fingerprint density at radius 1 is 0.656 bits per heavy atom. The van der Waals surface area contributed by atoms with Gasteiger partial charge in [0.05, 0.1) is 11.1 Å². The predicted octanol–water partition coefficient (Wildman–Crippen LogP) is 4.64. The molecule has 2 heterocycles. The highest BCUT2D eigenvalue weighted by Crippen LogP contribution is 2.51. The summed E-state index contributed by atoms with van der Waals surface area (Å²) in [5.41, 5.74) is 4.78. The van der Waals surface area contributed by atoms with E-state index in [-0.39, 0.29) is 29.7 Å². The van der Waals surface area contributed by atoms with Crippen molar-refractivity contribution in [3.05, 3.63) is 118 Å². The lowest BCUT2D eigenvalue weighted by Crippen LogP contribution is -2.22. The van der Waals surface area contributed by atoms with E-state index in [0.29, 0.717) is 33.4 Å². The van der Waals surface area contributed by atoms with Crippen molar-refractivity contribution in [3.63, 3.8) is 0 Å². The van der Waals surface area contributed by atoms with Crippen LogP contribution >= 0.6 is 0 Å². The molecule has 0 amide bonds. The lowest BCUT2D eigenvalue weighted by atomic mass is 9.79. The fourth-order valence-electron chi connectivity index (χ4n) is 4.46. The fourth-order valence-corrected chi connectivity index (χ4v) is 4.46. The van der Waals surface area contributed by atoms with Crippen LogP contribution in [0, 0.1) is 0 Å². The van der Waals surface area contributed by atoms with E-state index in [2.05, 4.69) is 0 Å². The van der Waals surface area contributed by atoms with E-state index in [1.807, 2.05) is 54.6 Å². The number of phenols is 1. The first-order chi connectivity index (χ1) is 15.6. The number of ketones is 1. The van der Waals surface area contributed by atoms with Gasteiger partial charge in [0.15, 0.2) is 11.5 Å². The summed E-state index contributed by atoms with van der Waals surface area (Å²) in [6, 6.07) is 23.2. The Hall–Kier alpha value is -4.38. The number of aromatic hydroxyl groups is 1. The van der Waals surface area contributed by atoms with Crippen LogP contribution in [0.4, 0.5) is 0 Å². The molecule has 0 aromatic heterocycles. The molecule has 5 heteroatoms. The Labute approximate surface area is 183 Å². The van der Waals surface area contributed by atoms with Gasteiger partial charge in [-0.25, -0.2) is 4.79 Å². The third-order valence-electron chi connectivity index (χ3n) is 5.89. The zero-order valence-electron chi connectivity index (χ0n) is 16.8. The second kappa shape index (κ2) is 6.82. The molecule has 6 rings (SSSR count). The molecule has 0 atom stereocenters. The van der Waals surface area contributed by atoms with Crippen LogP contribution in [0.1, 0.15) is 22.3 Å². The van der Waals surface area contributed by atoms with Crippen molar-refractivity contribution in [2.24, 2.45) is 0 Å². The standard InChI is InChI=1S/C27H16O5/c28-18-12-10-16(11-13-18)20-23-22-19-9-5-4-8-17(19)14-31-26(22)24(29)21(25(23)32-27(20)30)15-6-2-1-3-7-15/h1-13,28H,14H2. The molecule has 2 aliphatic heterocycles. The van der Waals surface area contributed by atoms with Crippen molar-refractivity contribution in [2.45, 2.75) is 6.61 Å². The van der Waals surface area contributed by atoms with Crippen molar-refractivity contribution in [3.8, 4) is 5.75 Å². The Bertz CT molecular complexity index is 1410. The number of hydrogen-bond donors (Lipinski definition) is 1. The van der Waals surface area contributed by atoms with E-state index >= 15 is 0 Å². The lowest BCUT2D eigenvalue weighted by molar-refractivity contribution is -0.131. The number of carbonyl (C=O) groups is 2. The first kappa shape index (κ1) is 18.4. The minimum absolute atomic E-state index is 0.0940. The topological polar surface area (TPSA) is 72.8 Å². The molecule has 5 nitrogen and oxygen atoms in total. The molecule has 154 valence electrons. The molecule has 3 aromatic rings. The number of carbonyl (C=O) groups excluding carboxylic acids is 2. The summed E-state index contributed by atoms with van der Waals surface area (Å²) in [7, 11) is 0. The normalized spacial score (nSPS) is 17.0. The number of Topliss-reactive ketones (excluding diaryl/α,β-unsaturated/α-hetero) is 1. The number of fused-ring (bicyclic) bond motifs is 4. The van der Waals surface area contributed by atoms with E-state index in [1.165, 1.54) is 12.1 Å². The number of allylic oxidation sites excluding steroid dienone is 2. The van der Waals surface area contributed by atoms with Gasteiger partial charge in [-0.3, -0.25) is 4.79 Å². The predicted molar refractivity (Wildman–Crippen MR) is 118 cm³/mol. The summed E-state index contributed by atoms with van der Waals surface area (Å²) in [4.78, 5) is 26.8. The van der Waals surface area contributed by atoms with Crippen molar-refractivity contribution < 1.29 is 24.2 Å². The van der Waals surface area contributed by atoms with Crippen LogP contribution in [-0.4, -0.2) is 16.9 Å². The second-order valence-corrected chi connectivity index (χ2v) is 7.74. The van der Waals surface area contributed by atoms with Crippen molar-refractivity contribution in [1.29, 1.82) is 0 Å². The third-order valence-corrected chi connectivity index (χ3v) is 5.89. The SMILES string of the molecule is O=C1OC2=C(c3ccccc3)C(=O)C3=C(C2=C1c1ccc(O)cc1)c1ccccc1CO3. The molecular weight excluding hydrogens is 404 g/mol. The average Bonchev–Trinajstić information content (AvgIpc) is 3.16. The third kappa shape index (κ3) is 2.58. The van der Waals surface area contributed by atoms with Crippen LogP contribution in [0.3, 0.4) is 0 Å². The van der Waals surface area contributed by atoms with Gasteiger partial charge in [0.1, 0.15) is 12.4 Å². The zero-order chi connectivity index (χ0) is 21.8. The van der Waals surface area contributed by atoms with E-state index in [1.54, 1.807) is 12.1 Å². The minimum Gasteiger partial charge on any atom is -0.508 e. The first-order valence-electron chi connectivity index (χ1n) is 10.2. The molecule has 32 heavy (non-hydrogen) atoms. The minimum atomic E-state index is -0.543. The van der Waals surface area contributed by atoms with Crippen LogP contribution < -0.4 is 0 Å². The number of benzene rings is 3. The largest absolute Gasteiger partial charge is 0.508 e. The highest BCUT2D eigenvalue weighted by Gasteiger charge is 2.45. The summed E-state index contributed by atoms with van der Waals surface area (Å²) < 4.78 is 11.7. The van der Waals surface area contributed by atoms with Crippen LogP contribution in [0.15, 0.2) is 96.0 Å². The molecule has 0 bridgehead atoms. The zero-order valence-corrected chi connectivity index (χ0v) is 16.8. The monoisotopic (exact) mass is 420 g/mol. The molecule has 0 fully saturated rings. The molecule has 0 saturated heterocycles. The average molecular weight is 420 g/mol. The van der Waals surface area contributed by atoms with Gasteiger partial charge in [-0.2, -0.15) is 0 Å². The highest BCUT2D eigenvalue weighted by atomic mass is 16.5. The number of esters is 1. The van der Waals surface area contributed by atoms with Crippen LogP contribution in [0.5, 0.6) is 5.75 Å². The Balaban J connectivity index is 1.71. The van der Waals surface area contributed by atoms with Crippen molar-refractivity contribution in [2.75, 3.05) is 0 Å². The van der Waals surface area contributed by atoms with E-state index < -0.39 is 5.97 Å². The summed E-state index contributed by atoms with van der Waals surface area (Å²) in [6.45, 7) is 0.273. The highest BCUT2D eigenvalue weighted by molar-refractivity contribution is 6.38. The molecule has 1 aliphatic carbocycles. The first-order valence-corrected chi connectivity index (χ1v) is 10.2. The van der Waals surface area contributed by atoms with Gasteiger partial charge in [-0.05, 0) is 34.4 Å². The van der Waals surface area contributed by atoms with Gasteiger partial charge in [0.2, 0.25) is 5.78 Å². The smallest absolute Gasteiger partial charge is 0.344 e. The lowest BCUT2D eigenvalue weighted by Gasteiger charge is -2.29. The van der Waals surface area contributed by atoms with Gasteiger partial charge in [0.25, 0.3) is 0 Å². The number of phenolic OH excluding ortho intramolecular Hbond substituents is 1. The molecule has 0 radical (unpaired) electrons. The summed E-state index contributed by atoms with van der Waals surface area (Å²) in [6.07, 6.45) is 0. The molecule has 3 aliphatic rings. The quantitative estimate of drug-likeness (QED) is 0.612. The van der Waals surface area contributed by atoms with Crippen LogP contribution in [0.2, 0.25) is 0 Å². The van der Waals surface area contributed by atoms with Crippen LogP contribution in [-0.2, 0) is 25.7 Å². The Kier molecular flexibility index (Phi) is 3.92. The van der Waals surface area contributed by atoms with Crippen LogP contribution in [0.25, 0.3) is 16.7 Å². The fraction of sp³-hybridized carbons (Fsp3) is 0.0370. The maximum absolute atomic E-state index is 13.6. The molecular formula is C27H16O5. The summed E-state index contributed by atoms with van der Waals surface area (Å²) in [5, 5.41) is 9.73. The molecule has 1 N–H and O–H groups in total. The van der Waals surface area contributed by atoms with Crippen molar-refractivity contribution >= 4 is 28.5 Å². The van der Waals surface area contributed by atoms with Crippen molar-refractivity contribution in [1.82, 2.24) is 0 Å².